The smallest absolute Gasteiger partial charge is 0.407 e. The summed E-state index contributed by atoms with van der Waals surface area (Å²) in [6, 6.07) is 7.54. The van der Waals surface area contributed by atoms with Crippen LogP contribution in [0, 0.1) is 13.8 Å². The van der Waals surface area contributed by atoms with Crippen molar-refractivity contribution in [2.24, 2.45) is 0 Å². The zero-order valence-electron chi connectivity index (χ0n) is 12.3. The largest absolute Gasteiger partial charge is 0.465 e. The number of hydrogen-bond acceptors (Lipinski definition) is 2. The fraction of sp³-hybridized carbons (Fsp3) is 0.562. The monoisotopic (exact) mass is 274 g/mol. The Morgan fingerprint density at radius 1 is 1.30 bits per heavy atom. The van der Waals surface area contributed by atoms with Gasteiger partial charge in [-0.05, 0) is 38.3 Å². The molecule has 2 bridgehead atoms. The first-order valence-corrected chi connectivity index (χ1v) is 7.30. The zero-order valence-corrected chi connectivity index (χ0v) is 12.3. The van der Waals surface area contributed by atoms with Crippen molar-refractivity contribution < 1.29 is 9.90 Å². The van der Waals surface area contributed by atoms with Gasteiger partial charge in [-0.15, -0.1) is 0 Å². The second-order valence-corrected chi connectivity index (χ2v) is 6.21. The van der Waals surface area contributed by atoms with Gasteiger partial charge in [0.2, 0.25) is 0 Å². The molecule has 20 heavy (non-hydrogen) atoms. The molecule has 2 aliphatic rings. The Labute approximate surface area is 120 Å². The van der Waals surface area contributed by atoms with Gasteiger partial charge in [-0.1, -0.05) is 23.8 Å². The summed E-state index contributed by atoms with van der Waals surface area (Å²) in [5.74, 6) is 0. The first-order chi connectivity index (χ1) is 9.47. The maximum Gasteiger partial charge on any atom is 0.407 e. The minimum Gasteiger partial charge on any atom is -0.465 e. The minimum atomic E-state index is -0.767. The van der Waals surface area contributed by atoms with E-state index in [2.05, 4.69) is 43.9 Å². The highest BCUT2D eigenvalue weighted by molar-refractivity contribution is 5.66. The Balaban J connectivity index is 1.77. The number of benzene rings is 1. The lowest BCUT2D eigenvalue weighted by atomic mass is 9.98. The molecule has 2 fully saturated rings. The molecule has 0 radical (unpaired) electrons. The van der Waals surface area contributed by atoms with Crippen LogP contribution >= 0.6 is 0 Å². The number of carbonyl (C=O) groups is 1. The number of carboxylic acid groups (broad SMARTS) is 1. The van der Waals surface area contributed by atoms with Crippen LogP contribution in [0.2, 0.25) is 0 Å². The lowest BCUT2D eigenvalue weighted by molar-refractivity contribution is 0.0860. The third-order valence-corrected chi connectivity index (χ3v) is 4.90. The third-order valence-electron chi connectivity index (χ3n) is 4.90. The van der Waals surface area contributed by atoms with E-state index in [4.69, 9.17) is 5.11 Å². The number of fused-ring (bicyclic) bond motifs is 2. The average molecular weight is 274 g/mol. The van der Waals surface area contributed by atoms with Gasteiger partial charge in [0.25, 0.3) is 0 Å². The quantitative estimate of drug-likeness (QED) is 0.902. The molecule has 2 heterocycles. The van der Waals surface area contributed by atoms with Crippen molar-refractivity contribution in [3.8, 4) is 0 Å². The maximum absolute atomic E-state index is 11.1. The summed E-state index contributed by atoms with van der Waals surface area (Å²) in [5, 5.41) is 9.16. The van der Waals surface area contributed by atoms with Crippen molar-refractivity contribution in [3.63, 3.8) is 0 Å². The Morgan fingerprint density at radius 2 is 2.05 bits per heavy atom. The Bertz CT molecular complexity index is 543. The number of amides is 1. The van der Waals surface area contributed by atoms with E-state index >= 15 is 0 Å². The second-order valence-electron chi connectivity index (χ2n) is 6.21. The van der Waals surface area contributed by atoms with Crippen LogP contribution in [-0.2, 0) is 0 Å². The highest BCUT2D eigenvalue weighted by Crippen LogP contribution is 2.37. The first kappa shape index (κ1) is 13.4. The summed E-state index contributed by atoms with van der Waals surface area (Å²) in [5.41, 5.74) is 3.99. The molecular formula is C16H22N2O2. The highest BCUT2D eigenvalue weighted by atomic mass is 16.4. The molecule has 1 N–H and O–H groups in total. The standard InChI is InChI=1S/C16H22N2O2/c1-10-4-5-15(11(2)6-10)12(3)17-8-14-7-13(17)9-18(14)16(19)20/h4-6,12-14H,7-9H2,1-3H3,(H,19,20). The van der Waals surface area contributed by atoms with Crippen LogP contribution < -0.4 is 0 Å². The number of piperazine rings is 1. The first-order valence-electron chi connectivity index (χ1n) is 7.30. The molecule has 4 heteroatoms. The van der Waals surface area contributed by atoms with Gasteiger partial charge in [0, 0.05) is 31.2 Å². The summed E-state index contributed by atoms with van der Waals surface area (Å²) < 4.78 is 0. The van der Waals surface area contributed by atoms with E-state index in [1.54, 1.807) is 4.90 Å². The molecule has 4 nitrogen and oxygen atoms in total. The molecule has 0 aromatic heterocycles. The van der Waals surface area contributed by atoms with Crippen molar-refractivity contribution in [1.29, 1.82) is 0 Å². The van der Waals surface area contributed by atoms with Crippen molar-refractivity contribution >= 4 is 6.09 Å². The van der Waals surface area contributed by atoms with Crippen LogP contribution in [0.25, 0.3) is 0 Å². The SMILES string of the molecule is Cc1ccc(C(C)N2CC3CC2CN3C(=O)O)c(C)c1. The van der Waals surface area contributed by atoms with E-state index in [0.29, 0.717) is 18.6 Å². The van der Waals surface area contributed by atoms with Gasteiger partial charge < -0.3 is 10.0 Å². The molecule has 1 aromatic rings. The number of aryl methyl sites for hydroxylation is 2. The van der Waals surface area contributed by atoms with Gasteiger partial charge in [-0.25, -0.2) is 4.79 Å². The number of hydrogen-bond donors (Lipinski definition) is 1. The van der Waals surface area contributed by atoms with E-state index in [0.717, 1.165) is 13.0 Å². The van der Waals surface area contributed by atoms with E-state index in [1.807, 2.05) is 0 Å². The number of nitrogens with zero attached hydrogens (tertiary/aromatic N) is 2. The van der Waals surface area contributed by atoms with E-state index in [9.17, 15) is 4.79 Å². The van der Waals surface area contributed by atoms with Crippen molar-refractivity contribution in [2.75, 3.05) is 13.1 Å². The van der Waals surface area contributed by atoms with Gasteiger partial charge in [0.1, 0.15) is 0 Å². The molecule has 2 aliphatic heterocycles. The van der Waals surface area contributed by atoms with Crippen LogP contribution in [0.5, 0.6) is 0 Å². The molecule has 2 saturated heterocycles. The molecule has 3 atom stereocenters. The summed E-state index contributed by atoms with van der Waals surface area (Å²) >= 11 is 0. The third kappa shape index (κ3) is 2.08. The van der Waals surface area contributed by atoms with Gasteiger partial charge >= 0.3 is 6.09 Å². The predicted octanol–water partition coefficient (Wildman–Crippen LogP) is 2.80. The normalized spacial score (nSPS) is 27.1. The minimum absolute atomic E-state index is 0.186. The molecular weight excluding hydrogens is 252 g/mol. The van der Waals surface area contributed by atoms with Gasteiger partial charge in [-0.3, -0.25) is 4.90 Å². The van der Waals surface area contributed by atoms with Gasteiger partial charge in [0.05, 0.1) is 0 Å². The number of likely N-dealkylation sites (tertiary alicyclic amines) is 2. The molecule has 108 valence electrons. The molecule has 3 unspecified atom stereocenters. The topological polar surface area (TPSA) is 43.8 Å². The summed E-state index contributed by atoms with van der Waals surface area (Å²) in [7, 11) is 0. The molecule has 0 saturated carbocycles. The van der Waals surface area contributed by atoms with E-state index in [-0.39, 0.29) is 6.04 Å². The van der Waals surface area contributed by atoms with E-state index in [1.165, 1.54) is 16.7 Å². The fourth-order valence-electron chi connectivity index (χ4n) is 3.88. The average Bonchev–Trinajstić information content (AvgIpc) is 2.97. The van der Waals surface area contributed by atoms with Crippen LogP contribution in [0.1, 0.15) is 36.1 Å². The molecule has 0 spiro atoms. The van der Waals surface area contributed by atoms with Crippen LogP contribution in [0.4, 0.5) is 4.79 Å². The molecule has 1 amide bonds. The summed E-state index contributed by atoms with van der Waals surface area (Å²) in [6.45, 7) is 8.05. The van der Waals surface area contributed by atoms with Crippen molar-refractivity contribution in [2.45, 2.75) is 45.3 Å². The van der Waals surface area contributed by atoms with Crippen molar-refractivity contribution in [1.82, 2.24) is 9.80 Å². The lowest BCUT2D eigenvalue weighted by Gasteiger charge is -2.37. The van der Waals surface area contributed by atoms with Crippen molar-refractivity contribution in [3.05, 3.63) is 34.9 Å². The Hall–Kier alpha value is -1.55. The fourth-order valence-corrected chi connectivity index (χ4v) is 3.88. The second kappa shape index (κ2) is 4.77. The zero-order chi connectivity index (χ0) is 14.4. The van der Waals surface area contributed by atoms with Crippen LogP contribution in [0.15, 0.2) is 18.2 Å². The highest BCUT2D eigenvalue weighted by Gasteiger charge is 2.46. The van der Waals surface area contributed by atoms with Gasteiger partial charge in [0.15, 0.2) is 0 Å². The predicted molar refractivity (Wildman–Crippen MR) is 78.0 cm³/mol. The molecule has 1 aromatic carbocycles. The van der Waals surface area contributed by atoms with Gasteiger partial charge in [-0.2, -0.15) is 0 Å². The van der Waals surface area contributed by atoms with Crippen LogP contribution in [-0.4, -0.2) is 46.2 Å². The molecule has 3 rings (SSSR count). The summed E-state index contributed by atoms with van der Waals surface area (Å²) in [4.78, 5) is 15.2. The number of rotatable bonds is 2. The lowest BCUT2D eigenvalue weighted by Crippen LogP contribution is -2.48. The Morgan fingerprint density at radius 3 is 2.60 bits per heavy atom. The maximum atomic E-state index is 11.1. The molecule has 0 aliphatic carbocycles. The van der Waals surface area contributed by atoms with Crippen LogP contribution in [0.3, 0.4) is 0 Å². The Kier molecular flexibility index (Phi) is 3.21. The summed E-state index contributed by atoms with van der Waals surface area (Å²) in [6.07, 6.45) is 0.220. The van der Waals surface area contributed by atoms with E-state index < -0.39 is 6.09 Å².